The molecule has 7 nitrogen and oxygen atoms in total. The van der Waals surface area contributed by atoms with Crippen LogP contribution in [0, 0.1) is 0 Å². The van der Waals surface area contributed by atoms with Gasteiger partial charge in [0.05, 0.1) is 5.69 Å². The highest BCUT2D eigenvalue weighted by Gasteiger charge is 2.15. The predicted octanol–water partition coefficient (Wildman–Crippen LogP) is 1.45. The number of aromatic nitrogens is 5. The minimum atomic E-state index is 0.562. The van der Waals surface area contributed by atoms with Crippen LogP contribution in [0.4, 0.5) is 11.8 Å². The van der Waals surface area contributed by atoms with Crippen molar-refractivity contribution in [3.63, 3.8) is 0 Å². The number of nitrogens with zero attached hydrogens (tertiary/aromatic N) is 6. The summed E-state index contributed by atoms with van der Waals surface area (Å²) in [6, 6.07) is 0. The third kappa shape index (κ3) is 2.71. The molecule has 7 heteroatoms. The van der Waals surface area contributed by atoms with Crippen LogP contribution < -0.4 is 10.7 Å². The van der Waals surface area contributed by atoms with E-state index in [0.29, 0.717) is 18.3 Å². The Kier molecular flexibility index (Phi) is 4.49. The van der Waals surface area contributed by atoms with Crippen molar-refractivity contribution in [1.29, 1.82) is 0 Å². The third-order valence-corrected chi connectivity index (χ3v) is 3.17. The van der Waals surface area contributed by atoms with Gasteiger partial charge in [-0.2, -0.15) is 4.98 Å². The molecule has 2 heterocycles. The highest BCUT2D eigenvalue weighted by molar-refractivity contribution is 5.48. The van der Waals surface area contributed by atoms with Gasteiger partial charge in [-0.15, -0.1) is 10.2 Å². The first-order chi connectivity index (χ1) is 9.71. The summed E-state index contributed by atoms with van der Waals surface area (Å²) >= 11 is 0. The summed E-state index contributed by atoms with van der Waals surface area (Å²) in [5.74, 6) is 1.15. The molecule has 0 unspecified atom stereocenters. The Morgan fingerprint density at radius 3 is 2.40 bits per heavy atom. The summed E-state index contributed by atoms with van der Waals surface area (Å²) in [5, 5.41) is 9.52. The van der Waals surface area contributed by atoms with E-state index in [9.17, 15) is 0 Å². The lowest BCUT2D eigenvalue weighted by Crippen LogP contribution is -2.30. The molecule has 2 aromatic rings. The lowest BCUT2D eigenvalue weighted by atomic mass is 10.1. The standard InChI is InChI=1S/C13H21N7/c1-4-7-11-10(5-2)12(14)18-13(17-11)20(6-3)19-8-15-16-9-19/h8-9H,4-7H2,1-3H3,(H2,14,17,18). The maximum atomic E-state index is 6.09. The molecule has 0 aliphatic carbocycles. The number of hydrogen-bond donors (Lipinski definition) is 1. The van der Waals surface area contributed by atoms with Gasteiger partial charge in [0.1, 0.15) is 18.5 Å². The second-order valence-corrected chi connectivity index (χ2v) is 4.50. The molecule has 0 saturated carbocycles. The number of nitrogen functional groups attached to an aromatic ring is 1. The highest BCUT2D eigenvalue weighted by atomic mass is 15.6. The quantitative estimate of drug-likeness (QED) is 0.859. The second-order valence-electron chi connectivity index (χ2n) is 4.50. The first-order valence-electron chi connectivity index (χ1n) is 6.98. The molecule has 2 aromatic heterocycles. The summed E-state index contributed by atoms with van der Waals surface area (Å²) in [4.78, 5) is 9.11. The lowest BCUT2D eigenvalue weighted by molar-refractivity contribution is 0.677. The topological polar surface area (TPSA) is 85.8 Å². The largest absolute Gasteiger partial charge is 0.383 e. The Hall–Kier alpha value is -2.18. The SMILES string of the molecule is CCCc1nc(N(CC)n2cnnc2)nc(N)c1CC. The molecule has 0 radical (unpaired) electrons. The number of aryl methyl sites for hydroxylation is 1. The van der Waals surface area contributed by atoms with E-state index in [-0.39, 0.29) is 0 Å². The number of rotatable bonds is 6. The minimum absolute atomic E-state index is 0.562. The van der Waals surface area contributed by atoms with Crippen LogP contribution in [0.25, 0.3) is 0 Å². The van der Waals surface area contributed by atoms with Crippen molar-refractivity contribution in [2.45, 2.75) is 40.0 Å². The van der Waals surface area contributed by atoms with Crippen molar-refractivity contribution < 1.29 is 0 Å². The van der Waals surface area contributed by atoms with Crippen molar-refractivity contribution in [3.05, 3.63) is 23.9 Å². The van der Waals surface area contributed by atoms with E-state index in [0.717, 1.165) is 30.5 Å². The fraction of sp³-hybridized carbons (Fsp3) is 0.538. The first-order valence-corrected chi connectivity index (χ1v) is 6.98. The van der Waals surface area contributed by atoms with Crippen LogP contribution in [-0.4, -0.2) is 31.4 Å². The number of hydrogen-bond acceptors (Lipinski definition) is 6. The van der Waals surface area contributed by atoms with Crippen molar-refractivity contribution >= 4 is 11.8 Å². The van der Waals surface area contributed by atoms with E-state index in [4.69, 9.17) is 5.73 Å². The Balaban J connectivity index is 2.45. The Labute approximate surface area is 118 Å². The molecule has 0 aromatic carbocycles. The Morgan fingerprint density at radius 1 is 1.15 bits per heavy atom. The van der Waals surface area contributed by atoms with E-state index in [1.807, 2.05) is 11.9 Å². The molecule has 20 heavy (non-hydrogen) atoms. The Morgan fingerprint density at radius 2 is 1.85 bits per heavy atom. The zero-order valence-corrected chi connectivity index (χ0v) is 12.2. The zero-order valence-electron chi connectivity index (χ0n) is 12.2. The van der Waals surface area contributed by atoms with E-state index in [1.54, 1.807) is 17.3 Å². The van der Waals surface area contributed by atoms with E-state index in [2.05, 4.69) is 34.0 Å². The molecular weight excluding hydrogens is 254 g/mol. The maximum absolute atomic E-state index is 6.09. The van der Waals surface area contributed by atoms with Crippen LogP contribution >= 0.6 is 0 Å². The molecular formula is C13H21N7. The molecule has 2 rings (SSSR count). The van der Waals surface area contributed by atoms with Crippen molar-refractivity contribution in [2.24, 2.45) is 0 Å². The normalized spacial score (nSPS) is 10.8. The minimum Gasteiger partial charge on any atom is -0.383 e. The summed E-state index contributed by atoms with van der Waals surface area (Å²) in [5.41, 5.74) is 8.17. The highest BCUT2D eigenvalue weighted by Crippen LogP contribution is 2.20. The van der Waals surface area contributed by atoms with Gasteiger partial charge < -0.3 is 5.73 Å². The van der Waals surface area contributed by atoms with Gasteiger partial charge in [0, 0.05) is 12.1 Å². The number of anilines is 2. The van der Waals surface area contributed by atoms with Crippen LogP contribution in [0.5, 0.6) is 0 Å². The van der Waals surface area contributed by atoms with Gasteiger partial charge in [-0.25, -0.2) is 14.7 Å². The Bertz CT molecular complexity index is 550. The summed E-state index contributed by atoms with van der Waals surface area (Å²) in [6.45, 7) is 6.93. The van der Waals surface area contributed by atoms with Crippen molar-refractivity contribution in [3.8, 4) is 0 Å². The van der Waals surface area contributed by atoms with Crippen LogP contribution in [-0.2, 0) is 12.8 Å². The molecule has 0 aliphatic rings. The summed E-state index contributed by atoms with van der Waals surface area (Å²) < 4.78 is 1.76. The van der Waals surface area contributed by atoms with Crippen molar-refractivity contribution in [1.82, 2.24) is 24.8 Å². The number of nitrogens with two attached hydrogens (primary N) is 1. The van der Waals surface area contributed by atoms with Gasteiger partial charge in [-0.3, -0.25) is 0 Å². The van der Waals surface area contributed by atoms with Gasteiger partial charge >= 0.3 is 0 Å². The van der Waals surface area contributed by atoms with Gasteiger partial charge in [-0.1, -0.05) is 20.3 Å². The molecule has 0 amide bonds. The van der Waals surface area contributed by atoms with Crippen LogP contribution in [0.2, 0.25) is 0 Å². The summed E-state index contributed by atoms with van der Waals surface area (Å²) in [7, 11) is 0. The molecule has 0 spiro atoms. The smallest absolute Gasteiger partial charge is 0.247 e. The average molecular weight is 275 g/mol. The second kappa shape index (κ2) is 6.31. The van der Waals surface area contributed by atoms with E-state index in [1.165, 1.54) is 0 Å². The monoisotopic (exact) mass is 275 g/mol. The lowest BCUT2D eigenvalue weighted by Gasteiger charge is -2.22. The van der Waals surface area contributed by atoms with Gasteiger partial charge in [-0.05, 0) is 19.8 Å². The molecule has 0 saturated heterocycles. The van der Waals surface area contributed by atoms with Crippen LogP contribution in [0.15, 0.2) is 12.7 Å². The maximum Gasteiger partial charge on any atom is 0.247 e. The molecule has 0 atom stereocenters. The van der Waals surface area contributed by atoms with Crippen molar-refractivity contribution in [2.75, 3.05) is 17.3 Å². The summed E-state index contributed by atoms with van der Waals surface area (Å²) in [6.07, 6.45) is 6.02. The molecule has 2 N–H and O–H groups in total. The molecule has 108 valence electrons. The van der Waals surface area contributed by atoms with Crippen LogP contribution in [0.3, 0.4) is 0 Å². The molecule has 0 fully saturated rings. The third-order valence-electron chi connectivity index (χ3n) is 3.17. The molecule has 0 aliphatic heterocycles. The molecule has 0 bridgehead atoms. The zero-order chi connectivity index (χ0) is 14.5. The fourth-order valence-corrected chi connectivity index (χ4v) is 2.21. The fourth-order valence-electron chi connectivity index (χ4n) is 2.21. The van der Waals surface area contributed by atoms with Gasteiger partial charge in [0.2, 0.25) is 5.95 Å². The van der Waals surface area contributed by atoms with Gasteiger partial charge in [0.25, 0.3) is 0 Å². The van der Waals surface area contributed by atoms with Gasteiger partial charge in [0.15, 0.2) is 0 Å². The van der Waals surface area contributed by atoms with E-state index < -0.39 is 0 Å². The van der Waals surface area contributed by atoms with Crippen LogP contribution in [0.1, 0.15) is 38.4 Å². The first kappa shape index (κ1) is 14.2. The average Bonchev–Trinajstić information content (AvgIpc) is 2.94. The predicted molar refractivity (Wildman–Crippen MR) is 78.3 cm³/mol. The van der Waals surface area contributed by atoms with E-state index >= 15 is 0 Å².